The van der Waals surface area contributed by atoms with Crippen molar-refractivity contribution >= 4 is 27.1 Å². The lowest BCUT2D eigenvalue weighted by atomic mass is 10.2. The van der Waals surface area contributed by atoms with E-state index in [1.165, 1.54) is 6.07 Å². The number of anilines is 1. The smallest absolute Gasteiger partial charge is 0.182 e. The number of likely N-dealkylation sites (N-methyl/N-ethyl adjacent to an activating group) is 1. The maximum Gasteiger partial charge on any atom is 0.182 e. The van der Waals surface area contributed by atoms with Gasteiger partial charge in [-0.1, -0.05) is 11.6 Å². The highest BCUT2D eigenvalue weighted by molar-refractivity contribution is 7.91. The van der Waals surface area contributed by atoms with Gasteiger partial charge in [-0.05, 0) is 25.2 Å². The zero-order chi connectivity index (χ0) is 11.8. The summed E-state index contributed by atoms with van der Waals surface area (Å²) in [5.74, 6) is 0.0984. The molecule has 1 aromatic rings. The Morgan fingerprint density at radius 3 is 3.00 bits per heavy atom. The molecule has 0 saturated heterocycles. The lowest BCUT2D eigenvalue weighted by molar-refractivity contribution is 0.580. The number of benzene rings is 1. The number of hydrogen-bond acceptors (Lipinski definition) is 4. The third-order valence-corrected chi connectivity index (χ3v) is 4.59. The molecular weight excluding hydrogens is 248 g/mol. The molecule has 6 heteroatoms. The molecule has 1 atom stereocenters. The molecular formula is C10H13ClN2O2S. The highest BCUT2D eigenvalue weighted by Crippen LogP contribution is 2.30. The van der Waals surface area contributed by atoms with Crippen molar-refractivity contribution in [2.24, 2.45) is 0 Å². The van der Waals surface area contributed by atoms with E-state index in [9.17, 15) is 8.42 Å². The Balaban J connectivity index is 2.44. The van der Waals surface area contributed by atoms with Crippen molar-refractivity contribution < 1.29 is 8.42 Å². The van der Waals surface area contributed by atoms with Crippen LogP contribution in [0.5, 0.6) is 0 Å². The molecule has 2 N–H and O–H groups in total. The minimum Gasteiger partial charge on any atom is -0.379 e. The second-order valence-corrected chi connectivity index (χ2v) is 6.26. The van der Waals surface area contributed by atoms with E-state index in [1.807, 2.05) is 0 Å². The Bertz CT molecular complexity index is 502. The van der Waals surface area contributed by atoms with Gasteiger partial charge < -0.3 is 10.6 Å². The number of fused-ring (bicyclic) bond motifs is 1. The zero-order valence-corrected chi connectivity index (χ0v) is 10.4. The number of hydrogen-bond donors (Lipinski definition) is 2. The predicted octanol–water partition coefficient (Wildman–Crippen LogP) is 1.13. The highest BCUT2D eigenvalue weighted by Gasteiger charge is 2.29. The van der Waals surface area contributed by atoms with Crippen LogP contribution in [0, 0.1) is 0 Å². The fourth-order valence-electron chi connectivity index (χ4n) is 1.85. The third-order valence-electron chi connectivity index (χ3n) is 2.51. The molecule has 0 radical (unpaired) electrons. The Kier molecular flexibility index (Phi) is 3.10. The van der Waals surface area contributed by atoms with E-state index in [0.717, 1.165) is 0 Å². The van der Waals surface area contributed by atoms with E-state index in [-0.39, 0.29) is 11.8 Å². The minimum atomic E-state index is -3.22. The van der Waals surface area contributed by atoms with Gasteiger partial charge in [0.05, 0.1) is 22.4 Å². The van der Waals surface area contributed by atoms with Gasteiger partial charge in [-0.2, -0.15) is 0 Å². The van der Waals surface area contributed by atoms with Crippen LogP contribution in [0.1, 0.15) is 0 Å². The molecule has 0 bridgehead atoms. The van der Waals surface area contributed by atoms with Crippen molar-refractivity contribution in [3.63, 3.8) is 0 Å². The van der Waals surface area contributed by atoms with Crippen LogP contribution in [0.25, 0.3) is 0 Å². The lowest BCUT2D eigenvalue weighted by Crippen LogP contribution is -2.40. The first-order chi connectivity index (χ1) is 7.53. The second-order valence-electron chi connectivity index (χ2n) is 3.82. The van der Waals surface area contributed by atoms with Gasteiger partial charge in [-0.15, -0.1) is 0 Å². The summed E-state index contributed by atoms with van der Waals surface area (Å²) in [5, 5.41) is 6.59. The zero-order valence-electron chi connectivity index (χ0n) is 8.83. The van der Waals surface area contributed by atoms with E-state index in [2.05, 4.69) is 10.6 Å². The van der Waals surface area contributed by atoms with Crippen LogP contribution < -0.4 is 10.6 Å². The fraction of sp³-hybridized carbons (Fsp3) is 0.400. The molecule has 0 spiro atoms. The van der Waals surface area contributed by atoms with Gasteiger partial charge in [0.1, 0.15) is 0 Å². The van der Waals surface area contributed by atoms with E-state index < -0.39 is 9.84 Å². The van der Waals surface area contributed by atoms with Crippen LogP contribution in [-0.2, 0) is 9.84 Å². The summed E-state index contributed by atoms with van der Waals surface area (Å²) in [7, 11) is -1.43. The standard InChI is InChI=1S/C10H13ClN2O2S/c1-12-5-8-6-16(14,15)10-4-7(11)2-3-9(10)13-8/h2-4,8,12-13H,5-6H2,1H3. The monoisotopic (exact) mass is 260 g/mol. The first-order valence-electron chi connectivity index (χ1n) is 4.96. The number of halogens is 1. The quantitative estimate of drug-likeness (QED) is 0.837. The molecule has 2 rings (SSSR count). The van der Waals surface area contributed by atoms with Gasteiger partial charge in [0.2, 0.25) is 0 Å². The van der Waals surface area contributed by atoms with E-state index in [0.29, 0.717) is 22.2 Å². The molecule has 1 aliphatic heterocycles. The number of sulfone groups is 1. The first kappa shape index (κ1) is 11.7. The van der Waals surface area contributed by atoms with Crippen LogP contribution in [0.4, 0.5) is 5.69 Å². The average molecular weight is 261 g/mol. The molecule has 0 amide bonds. The molecule has 0 aromatic heterocycles. The van der Waals surface area contributed by atoms with Crippen molar-refractivity contribution in [2.75, 3.05) is 24.7 Å². The largest absolute Gasteiger partial charge is 0.379 e. The molecule has 1 heterocycles. The van der Waals surface area contributed by atoms with Crippen LogP contribution in [0.2, 0.25) is 5.02 Å². The maximum absolute atomic E-state index is 12.0. The summed E-state index contributed by atoms with van der Waals surface area (Å²) in [5.41, 5.74) is 0.635. The molecule has 4 nitrogen and oxygen atoms in total. The van der Waals surface area contributed by atoms with E-state index >= 15 is 0 Å². The summed E-state index contributed by atoms with van der Waals surface area (Å²) in [6.07, 6.45) is 0. The molecule has 1 aromatic carbocycles. The maximum atomic E-state index is 12.0. The number of rotatable bonds is 2. The highest BCUT2D eigenvalue weighted by atomic mass is 35.5. The van der Waals surface area contributed by atoms with Crippen LogP contribution in [0.3, 0.4) is 0 Å². The second kappa shape index (κ2) is 4.24. The third kappa shape index (κ3) is 2.16. The molecule has 1 unspecified atom stereocenters. The van der Waals surface area contributed by atoms with Gasteiger partial charge in [0.15, 0.2) is 9.84 Å². The average Bonchev–Trinajstić information content (AvgIpc) is 2.19. The van der Waals surface area contributed by atoms with Gasteiger partial charge in [-0.3, -0.25) is 0 Å². The van der Waals surface area contributed by atoms with E-state index in [1.54, 1.807) is 19.2 Å². The minimum absolute atomic E-state index is 0.0938. The van der Waals surface area contributed by atoms with Crippen molar-refractivity contribution in [1.29, 1.82) is 0 Å². The van der Waals surface area contributed by atoms with Crippen molar-refractivity contribution in [2.45, 2.75) is 10.9 Å². The van der Waals surface area contributed by atoms with E-state index in [4.69, 9.17) is 11.6 Å². The summed E-state index contributed by atoms with van der Waals surface area (Å²) in [4.78, 5) is 0.298. The fourth-order valence-corrected chi connectivity index (χ4v) is 3.76. The van der Waals surface area contributed by atoms with Crippen molar-refractivity contribution in [1.82, 2.24) is 5.32 Å². The van der Waals surface area contributed by atoms with Gasteiger partial charge in [-0.25, -0.2) is 8.42 Å². The topological polar surface area (TPSA) is 58.2 Å². The molecule has 0 aliphatic carbocycles. The molecule has 16 heavy (non-hydrogen) atoms. The van der Waals surface area contributed by atoms with Crippen molar-refractivity contribution in [3.05, 3.63) is 23.2 Å². The van der Waals surface area contributed by atoms with Gasteiger partial charge in [0, 0.05) is 11.6 Å². The van der Waals surface area contributed by atoms with Crippen LogP contribution >= 0.6 is 11.6 Å². The van der Waals surface area contributed by atoms with Crippen LogP contribution in [-0.4, -0.2) is 33.8 Å². The number of nitrogens with one attached hydrogen (secondary N) is 2. The summed E-state index contributed by atoms with van der Waals surface area (Å²) >= 11 is 5.80. The first-order valence-corrected chi connectivity index (χ1v) is 6.99. The van der Waals surface area contributed by atoms with Crippen molar-refractivity contribution in [3.8, 4) is 0 Å². The SMILES string of the molecule is CNCC1CS(=O)(=O)c2cc(Cl)ccc2N1. The van der Waals surface area contributed by atoms with Crippen LogP contribution in [0.15, 0.2) is 23.1 Å². The Hall–Kier alpha value is -0.780. The lowest BCUT2D eigenvalue weighted by Gasteiger charge is -2.26. The Morgan fingerprint density at radius 2 is 2.31 bits per heavy atom. The van der Waals surface area contributed by atoms with Gasteiger partial charge in [0.25, 0.3) is 0 Å². The molecule has 1 aliphatic rings. The summed E-state index contributed by atoms with van der Waals surface area (Å²) in [6, 6.07) is 4.79. The molecule has 88 valence electrons. The predicted molar refractivity (Wildman–Crippen MR) is 64.8 cm³/mol. The Labute approximate surface area is 99.9 Å². The Morgan fingerprint density at radius 1 is 1.56 bits per heavy atom. The normalized spacial score (nSPS) is 22.2. The summed E-state index contributed by atoms with van der Waals surface area (Å²) in [6.45, 7) is 0.612. The molecule has 0 fully saturated rings. The molecule has 0 saturated carbocycles. The van der Waals surface area contributed by atoms with Gasteiger partial charge >= 0.3 is 0 Å². The summed E-state index contributed by atoms with van der Waals surface area (Å²) < 4.78 is 24.0.